The normalized spacial score (nSPS) is 17.5. The molecule has 0 aromatic carbocycles. The summed E-state index contributed by atoms with van der Waals surface area (Å²) < 4.78 is 6.01. The molecule has 0 amide bonds. The first-order valence-electron chi connectivity index (χ1n) is 18.2. The predicted molar refractivity (Wildman–Crippen MR) is 174 cm³/mol. The Kier molecular flexibility index (Phi) is 25.3. The number of carbonyl (C=O) groups is 2. The molecule has 1 aliphatic carbocycles. The van der Waals surface area contributed by atoms with Gasteiger partial charge >= 0.3 is 11.9 Å². The van der Waals surface area contributed by atoms with Gasteiger partial charge in [0, 0.05) is 0 Å². The van der Waals surface area contributed by atoms with Crippen LogP contribution in [0, 0.1) is 11.8 Å². The van der Waals surface area contributed by atoms with E-state index in [1.165, 1.54) is 141 Å². The first-order chi connectivity index (χ1) is 20.1. The predicted octanol–water partition coefficient (Wildman–Crippen LogP) is 11.7. The van der Waals surface area contributed by atoms with Gasteiger partial charge in [-0.3, -0.25) is 9.59 Å². The summed E-state index contributed by atoms with van der Waals surface area (Å²) in [6, 6.07) is 0. The molecule has 1 aliphatic rings. The molecule has 240 valence electrons. The number of carboxylic acids is 1. The van der Waals surface area contributed by atoms with E-state index in [0.717, 1.165) is 32.1 Å². The van der Waals surface area contributed by atoms with Gasteiger partial charge in [0.1, 0.15) is 6.10 Å². The second kappa shape index (κ2) is 27.5. The van der Waals surface area contributed by atoms with Crippen molar-refractivity contribution in [3.63, 3.8) is 0 Å². The van der Waals surface area contributed by atoms with Crippen LogP contribution in [0.3, 0.4) is 0 Å². The van der Waals surface area contributed by atoms with Crippen LogP contribution in [0.25, 0.3) is 0 Å². The van der Waals surface area contributed by atoms with Crippen LogP contribution in [-0.4, -0.2) is 23.1 Å². The Balaban J connectivity index is 2.26. The minimum Gasteiger partial charge on any atom is -0.481 e. The van der Waals surface area contributed by atoms with E-state index in [1.54, 1.807) is 6.08 Å². The number of rotatable bonds is 29. The van der Waals surface area contributed by atoms with Crippen molar-refractivity contribution in [2.24, 2.45) is 11.8 Å². The van der Waals surface area contributed by atoms with Crippen LogP contribution in [0.5, 0.6) is 0 Å². The molecule has 0 spiro atoms. The summed E-state index contributed by atoms with van der Waals surface area (Å²) in [4.78, 5) is 24.7. The van der Waals surface area contributed by atoms with Gasteiger partial charge in [-0.05, 0) is 38.5 Å². The second-order valence-electron chi connectivity index (χ2n) is 12.9. The SMILES string of the molecule is CCCCCCCCCCCCCCCCCC(CCCCCCCCCCC)OC(=O)C1C=CCCC1C(=O)O. The van der Waals surface area contributed by atoms with E-state index >= 15 is 0 Å². The van der Waals surface area contributed by atoms with E-state index in [0.29, 0.717) is 6.42 Å². The minimum atomic E-state index is -0.880. The largest absolute Gasteiger partial charge is 0.481 e. The van der Waals surface area contributed by atoms with E-state index < -0.39 is 17.8 Å². The van der Waals surface area contributed by atoms with Gasteiger partial charge < -0.3 is 9.84 Å². The van der Waals surface area contributed by atoms with Crippen molar-refractivity contribution < 1.29 is 19.4 Å². The van der Waals surface area contributed by atoms with Gasteiger partial charge in [0.2, 0.25) is 0 Å². The molecule has 0 fully saturated rings. The standard InChI is InChI=1S/C37H68O4/c1-3-5-7-9-11-13-14-15-16-17-18-20-22-24-26-30-33(29-25-23-21-19-12-10-8-6-4-2)41-37(40)35-32-28-27-31-34(35)36(38)39/h28,32-35H,3-27,29-31H2,1-2H3,(H,38,39). The first kappa shape index (κ1) is 37.7. The molecule has 1 rings (SSSR count). The molecule has 0 aliphatic heterocycles. The zero-order valence-electron chi connectivity index (χ0n) is 27.4. The highest BCUT2D eigenvalue weighted by Gasteiger charge is 2.35. The lowest BCUT2D eigenvalue weighted by molar-refractivity contribution is -0.160. The fraction of sp³-hybridized carbons (Fsp3) is 0.892. The number of allylic oxidation sites excluding steroid dienone is 1. The number of hydrogen-bond donors (Lipinski definition) is 1. The summed E-state index contributed by atoms with van der Waals surface area (Å²) in [6.07, 6.45) is 38.5. The number of ether oxygens (including phenoxy) is 1. The van der Waals surface area contributed by atoms with E-state index in [1.807, 2.05) is 6.08 Å². The fourth-order valence-corrected chi connectivity index (χ4v) is 6.28. The molecule has 4 heteroatoms. The molecule has 0 aromatic rings. The smallest absolute Gasteiger partial charge is 0.313 e. The van der Waals surface area contributed by atoms with Gasteiger partial charge in [-0.15, -0.1) is 0 Å². The van der Waals surface area contributed by atoms with Crippen LogP contribution in [0.15, 0.2) is 12.2 Å². The third-order valence-electron chi connectivity index (χ3n) is 9.05. The molecule has 0 saturated carbocycles. The number of unbranched alkanes of at least 4 members (excludes halogenated alkanes) is 22. The molecule has 4 nitrogen and oxygen atoms in total. The number of esters is 1. The highest BCUT2D eigenvalue weighted by molar-refractivity contribution is 5.83. The van der Waals surface area contributed by atoms with Crippen LogP contribution in [0.1, 0.15) is 194 Å². The molecule has 0 saturated heterocycles. The Labute approximate surface area is 254 Å². The van der Waals surface area contributed by atoms with E-state index in [4.69, 9.17) is 4.74 Å². The maximum absolute atomic E-state index is 13.0. The summed E-state index contributed by atoms with van der Waals surface area (Å²) in [5.41, 5.74) is 0. The lowest BCUT2D eigenvalue weighted by atomic mass is 9.84. The monoisotopic (exact) mass is 577 g/mol. The van der Waals surface area contributed by atoms with E-state index in [9.17, 15) is 14.7 Å². The van der Waals surface area contributed by atoms with Crippen molar-refractivity contribution in [3.8, 4) is 0 Å². The maximum atomic E-state index is 13.0. The fourth-order valence-electron chi connectivity index (χ4n) is 6.28. The number of carboxylic acid groups (broad SMARTS) is 1. The molecular weight excluding hydrogens is 508 g/mol. The van der Waals surface area contributed by atoms with Crippen LogP contribution in [0.4, 0.5) is 0 Å². The lowest BCUT2D eigenvalue weighted by Crippen LogP contribution is -2.33. The van der Waals surface area contributed by atoms with Crippen molar-refractivity contribution >= 4 is 11.9 Å². The summed E-state index contributed by atoms with van der Waals surface area (Å²) in [5.74, 6) is -2.48. The second-order valence-corrected chi connectivity index (χ2v) is 12.9. The van der Waals surface area contributed by atoms with E-state index in [-0.39, 0.29) is 12.1 Å². The van der Waals surface area contributed by atoms with Gasteiger partial charge in [0.15, 0.2) is 0 Å². The molecular formula is C37H68O4. The third-order valence-corrected chi connectivity index (χ3v) is 9.05. The molecule has 0 radical (unpaired) electrons. The number of aliphatic carboxylic acids is 1. The number of carbonyl (C=O) groups excluding carboxylic acids is 1. The Morgan fingerprint density at radius 2 is 1.00 bits per heavy atom. The van der Waals surface area contributed by atoms with E-state index in [2.05, 4.69) is 13.8 Å². The summed E-state index contributed by atoms with van der Waals surface area (Å²) in [5, 5.41) is 9.59. The van der Waals surface area contributed by atoms with Crippen molar-refractivity contribution in [2.45, 2.75) is 200 Å². The maximum Gasteiger partial charge on any atom is 0.313 e. The Hall–Kier alpha value is -1.32. The molecule has 0 bridgehead atoms. The highest BCUT2D eigenvalue weighted by Crippen LogP contribution is 2.28. The minimum absolute atomic E-state index is 0.0706. The lowest BCUT2D eigenvalue weighted by Gasteiger charge is -2.26. The quantitative estimate of drug-likeness (QED) is 0.0546. The molecule has 0 aromatic heterocycles. The van der Waals surface area contributed by atoms with Crippen LogP contribution in [-0.2, 0) is 14.3 Å². The summed E-state index contributed by atoms with van der Waals surface area (Å²) >= 11 is 0. The Morgan fingerprint density at radius 3 is 1.37 bits per heavy atom. The topological polar surface area (TPSA) is 63.6 Å². The molecule has 1 N–H and O–H groups in total. The van der Waals surface area contributed by atoms with Crippen LogP contribution in [0.2, 0.25) is 0 Å². The van der Waals surface area contributed by atoms with Crippen LogP contribution < -0.4 is 0 Å². The van der Waals surface area contributed by atoms with Gasteiger partial charge in [-0.25, -0.2) is 0 Å². The Bertz CT molecular complexity index is 643. The van der Waals surface area contributed by atoms with Crippen molar-refractivity contribution in [3.05, 3.63) is 12.2 Å². The highest BCUT2D eigenvalue weighted by atomic mass is 16.5. The average Bonchev–Trinajstić information content (AvgIpc) is 2.98. The first-order valence-corrected chi connectivity index (χ1v) is 18.2. The zero-order valence-corrected chi connectivity index (χ0v) is 27.4. The molecule has 3 unspecified atom stereocenters. The van der Waals surface area contributed by atoms with Gasteiger partial charge in [-0.2, -0.15) is 0 Å². The number of hydrogen-bond acceptors (Lipinski definition) is 3. The third kappa shape index (κ3) is 21.1. The average molecular weight is 577 g/mol. The van der Waals surface area contributed by atoms with Gasteiger partial charge in [0.25, 0.3) is 0 Å². The molecule has 0 heterocycles. The summed E-state index contributed by atoms with van der Waals surface area (Å²) in [6.45, 7) is 4.54. The Morgan fingerprint density at radius 1 is 0.634 bits per heavy atom. The van der Waals surface area contributed by atoms with Crippen molar-refractivity contribution in [1.29, 1.82) is 0 Å². The summed E-state index contributed by atoms with van der Waals surface area (Å²) in [7, 11) is 0. The zero-order chi connectivity index (χ0) is 29.8. The van der Waals surface area contributed by atoms with Crippen molar-refractivity contribution in [2.75, 3.05) is 0 Å². The van der Waals surface area contributed by atoms with Crippen LogP contribution >= 0.6 is 0 Å². The molecule has 41 heavy (non-hydrogen) atoms. The molecule has 3 atom stereocenters. The van der Waals surface area contributed by atoms with Gasteiger partial charge in [0.05, 0.1) is 11.8 Å². The van der Waals surface area contributed by atoms with Gasteiger partial charge in [-0.1, -0.05) is 167 Å². The van der Waals surface area contributed by atoms with Crippen molar-refractivity contribution in [1.82, 2.24) is 0 Å².